The van der Waals surface area contributed by atoms with E-state index in [4.69, 9.17) is 5.11 Å². The Kier molecular flexibility index (Phi) is 4.93. The number of carboxylic acids is 1. The van der Waals surface area contributed by atoms with Gasteiger partial charge in [-0.15, -0.1) is 0 Å². The van der Waals surface area contributed by atoms with Crippen LogP contribution in [-0.4, -0.2) is 16.2 Å². The van der Waals surface area contributed by atoms with Gasteiger partial charge in [0.15, 0.2) is 0 Å². The minimum Gasteiger partial charge on any atom is -0.508 e. The van der Waals surface area contributed by atoms with Gasteiger partial charge in [-0.25, -0.2) is 4.79 Å². The van der Waals surface area contributed by atoms with Gasteiger partial charge in [0, 0.05) is 0 Å². The minimum absolute atomic E-state index is 0.250. The van der Waals surface area contributed by atoms with Gasteiger partial charge in [-0.3, -0.25) is 0 Å². The molecule has 0 amide bonds. The van der Waals surface area contributed by atoms with E-state index in [1.54, 1.807) is 24.3 Å². The Hall–Kier alpha value is -2.55. The third-order valence-corrected chi connectivity index (χ3v) is 4.92. The van der Waals surface area contributed by atoms with E-state index in [1.807, 2.05) is 24.3 Å². The monoisotopic (exact) mass is 336 g/mol. The molecule has 0 bridgehead atoms. The van der Waals surface area contributed by atoms with Gasteiger partial charge in [0.25, 0.3) is 0 Å². The lowest BCUT2D eigenvalue weighted by Crippen LogP contribution is -2.14. The van der Waals surface area contributed by atoms with Crippen molar-refractivity contribution in [3.8, 4) is 5.75 Å². The van der Waals surface area contributed by atoms with E-state index in [9.17, 15) is 9.90 Å². The molecule has 0 heterocycles. The molecule has 3 rings (SSSR count). The van der Waals surface area contributed by atoms with Crippen molar-refractivity contribution in [1.29, 1.82) is 0 Å². The topological polar surface area (TPSA) is 57.5 Å². The van der Waals surface area contributed by atoms with Gasteiger partial charge in [-0.2, -0.15) is 0 Å². The summed E-state index contributed by atoms with van der Waals surface area (Å²) in [7, 11) is 0. The Morgan fingerprint density at radius 3 is 1.76 bits per heavy atom. The molecule has 2 N–H and O–H groups in total. The summed E-state index contributed by atoms with van der Waals surface area (Å²) in [6.45, 7) is 4.58. The number of aromatic hydroxyl groups is 1. The highest BCUT2D eigenvalue weighted by atomic mass is 16.4. The average Bonchev–Trinajstić information content (AvgIpc) is 2.56. The number of phenols is 1. The van der Waals surface area contributed by atoms with Gasteiger partial charge in [0.2, 0.25) is 0 Å². The molecule has 3 nitrogen and oxygen atoms in total. The second-order valence-electron chi connectivity index (χ2n) is 7.26. The first-order valence-electron chi connectivity index (χ1n) is 8.79. The van der Waals surface area contributed by atoms with Crippen LogP contribution in [-0.2, 0) is 0 Å². The molecule has 0 aliphatic heterocycles. The first kappa shape index (κ1) is 17.3. The van der Waals surface area contributed by atoms with E-state index < -0.39 is 5.97 Å². The SMILES string of the molecule is CC1CC(=C(c2ccc(O)cc2)c2ccc(C(=O)O)cc2)CC(C)C1. The lowest BCUT2D eigenvalue weighted by molar-refractivity contribution is 0.0697. The van der Waals surface area contributed by atoms with E-state index in [0.29, 0.717) is 17.4 Å². The van der Waals surface area contributed by atoms with Gasteiger partial charge in [0.05, 0.1) is 5.56 Å². The number of hydrogen-bond acceptors (Lipinski definition) is 2. The van der Waals surface area contributed by atoms with Crippen molar-refractivity contribution in [2.75, 3.05) is 0 Å². The average molecular weight is 336 g/mol. The molecular weight excluding hydrogens is 312 g/mol. The molecule has 2 atom stereocenters. The minimum atomic E-state index is -0.912. The van der Waals surface area contributed by atoms with Crippen LogP contribution in [0.3, 0.4) is 0 Å². The summed E-state index contributed by atoms with van der Waals surface area (Å²) >= 11 is 0. The molecule has 1 fully saturated rings. The maximum absolute atomic E-state index is 11.1. The van der Waals surface area contributed by atoms with E-state index in [0.717, 1.165) is 24.0 Å². The fourth-order valence-corrected chi connectivity index (χ4v) is 3.96. The highest BCUT2D eigenvalue weighted by Gasteiger charge is 2.23. The maximum Gasteiger partial charge on any atom is 0.335 e. The number of aromatic carboxylic acids is 1. The first-order valence-corrected chi connectivity index (χ1v) is 8.79. The number of carboxylic acid groups (broad SMARTS) is 1. The van der Waals surface area contributed by atoms with Crippen LogP contribution in [0, 0.1) is 11.8 Å². The van der Waals surface area contributed by atoms with Crippen LogP contribution < -0.4 is 0 Å². The highest BCUT2D eigenvalue weighted by Crippen LogP contribution is 2.39. The Labute approximate surface area is 148 Å². The quantitative estimate of drug-likeness (QED) is 0.794. The third kappa shape index (κ3) is 3.93. The second kappa shape index (κ2) is 7.14. The summed E-state index contributed by atoms with van der Waals surface area (Å²) in [4.78, 5) is 11.1. The smallest absolute Gasteiger partial charge is 0.335 e. The fraction of sp³-hybridized carbons (Fsp3) is 0.318. The van der Waals surface area contributed by atoms with Gasteiger partial charge in [-0.05, 0) is 72.1 Å². The Balaban J connectivity index is 2.11. The summed E-state index contributed by atoms with van der Waals surface area (Å²) in [5.74, 6) is 0.623. The molecule has 2 aromatic carbocycles. The molecule has 1 aliphatic rings. The molecule has 1 aliphatic carbocycles. The number of rotatable bonds is 3. The van der Waals surface area contributed by atoms with E-state index >= 15 is 0 Å². The predicted octanol–water partition coefficient (Wildman–Crippen LogP) is 5.35. The van der Waals surface area contributed by atoms with Gasteiger partial charge >= 0.3 is 5.97 Å². The van der Waals surface area contributed by atoms with Crippen LogP contribution in [0.1, 0.15) is 54.6 Å². The molecule has 130 valence electrons. The molecule has 0 aromatic heterocycles. The van der Waals surface area contributed by atoms with Gasteiger partial charge in [-0.1, -0.05) is 43.7 Å². The summed E-state index contributed by atoms with van der Waals surface area (Å²) in [5, 5.41) is 18.8. The van der Waals surface area contributed by atoms with Crippen LogP contribution in [0.2, 0.25) is 0 Å². The van der Waals surface area contributed by atoms with Gasteiger partial charge in [0.1, 0.15) is 5.75 Å². The van der Waals surface area contributed by atoms with Crippen molar-refractivity contribution in [2.45, 2.75) is 33.1 Å². The van der Waals surface area contributed by atoms with Crippen molar-refractivity contribution < 1.29 is 15.0 Å². The third-order valence-electron chi connectivity index (χ3n) is 4.92. The number of allylic oxidation sites excluding steroid dienone is 1. The Bertz CT molecular complexity index is 773. The standard InChI is InChI=1S/C22H24O3/c1-14-11-15(2)13-19(12-14)21(17-7-9-20(23)10-8-17)16-3-5-18(6-4-16)22(24)25/h3-10,14-15,23H,11-13H2,1-2H3,(H,24,25). The van der Waals surface area contributed by atoms with Crippen LogP contribution in [0.4, 0.5) is 0 Å². The van der Waals surface area contributed by atoms with Crippen molar-refractivity contribution in [2.24, 2.45) is 11.8 Å². The summed E-state index contributed by atoms with van der Waals surface area (Å²) in [6.07, 6.45) is 3.35. The van der Waals surface area contributed by atoms with Crippen molar-refractivity contribution in [3.05, 3.63) is 70.8 Å². The molecule has 0 spiro atoms. The Morgan fingerprint density at radius 1 is 0.840 bits per heavy atom. The van der Waals surface area contributed by atoms with Crippen LogP contribution in [0.25, 0.3) is 5.57 Å². The van der Waals surface area contributed by atoms with Crippen molar-refractivity contribution in [3.63, 3.8) is 0 Å². The lowest BCUT2D eigenvalue weighted by atomic mass is 9.76. The number of hydrogen-bond donors (Lipinski definition) is 2. The van der Waals surface area contributed by atoms with E-state index in [1.165, 1.54) is 17.6 Å². The van der Waals surface area contributed by atoms with Crippen molar-refractivity contribution >= 4 is 11.5 Å². The first-order chi connectivity index (χ1) is 11.9. The fourth-order valence-electron chi connectivity index (χ4n) is 3.96. The molecule has 0 saturated heterocycles. The normalized spacial score (nSPS) is 20.3. The molecule has 2 aromatic rings. The predicted molar refractivity (Wildman–Crippen MR) is 99.7 cm³/mol. The van der Waals surface area contributed by atoms with Gasteiger partial charge < -0.3 is 10.2 Å². The maximum atomic E-state index is 11.1. The lowest BCUT2D eigenvalue weighted by Gasteiger charge is -2.29. The molecule has 0 radical (unpaired) electrons. The zero-order chi connectivity index (χ0) is 18.0. The van der Waals surface area contributed by atoms with Crippen LogP contribution in [0.15, 0.2) is 54.1 Å². The zero-order valence-electron chi connectivity index (χ0n) is 14.7. The Morgan fingerprint density at radius 2 is 1.28 bits per heavy atom. The molecule has 25 heavy (non-hydrogen) atoms. The highest BCUT2D eigenvalue weighted by molar-refractivity contribution is 5.89. The number of phenolic OH excluding ortho intramolecular Hbond substituents is 1. The summed E-state index contributed by atoms with van der Waals surface area (Å²) < 4.78 is 0. The van der Waals surface area contributed by atoms with E-state index in [-0.39, 0.29) is 5.75 Å². The van der Waals surface area contributed by atoms with Crippen LogP contribution in [0.5, 0.6) is 5.75 Å². The molecular formula is C22H24O3. The zero-order valence-corrected chi connectivity index (χ0v) is 14.7. The molecule has 3 heteroatoms. The van der Waals surface area contributed by atoms with Crippen LogP contribution >= 0.6 is 0 Å². The number of benzene rings is 2. The molecule has 1 saturated carbocycles. The largest absolute Gasteiger partial charge is 0.508 e. The summed E-state index contributed by atoms with van der Waals surface area (Å²) in [5.41, 5.74) is 4.99. The molecule has 2 unspecified atom stereocenters. The number of carbonyl (C=O) groups is 1. The van der Waals surface area contributed by atoms with Crippen molar-refractivity contribution in [1.82, 2.24) is 0 Å². The second-order valence-corrected chi connectivity index (χ2v) is 7.26. The summed E-state index contributed by atoms with van der Waals surface area (Å²) in [6, 6.07) is 14.4. The van der Waals surface area contributed by atoms with E-state index in [2.05, 4.69) is 13.8 Å².